The molecule has 0 bridgehead atoms. The van der Waals surface area contributed by atoms with E-state index >= 15 is 0 Å². The van der Waals surface area contributed by atoms with Crippen LogP contribution in [0.3, 0.4) is 0 Å². The van der Waals surface area contributed by atoms with E-state index in [4.69, 9.17) is 30.5 Å². The molecule has 0 saturated carbocycles. The number of halogens is 2. The fourth-order valence-corrected chi connectivity index (χ4v) is 2.60. The van der Waals surface area contributed by atoms with Gasteiger partial charge in [0.25, 0.3) is 0 Å². The first-order valence-electron chi connectivity index (χ1n) is 7.54. The van der Waals surface area contributed by atoms with Crippen molar-refractivity contribution in [1.29, 1.82) is 5.26 Å². The van der Waals surface area contributed by atoms with Crippen molar-refractivity contribution in [1.82, 2.24) is 0 Å². The van der Waals surface area contributed by atoms with Gasteiger partial charge in [0.05, 0.1) is 28.5 Å². The maximum absolute atomic E-state index is 8.62. The van der Waals surface area contributed by atoms with Gasteiger partial charge in [0.2, 0.25) is 6.19 Å². The van der Waals surface area contributed by atoms with Crippen LogP contribution in [0.2, 0.25) is 0 Å². The Labute approximate surface area is 164 Å². The molecular weight excluding hydrogens is 399 g/mol. The summed E-state index contributed by atoms with van der Waals surface area (Å²) in [5.74, 6) is 0. The van der Waals surface area contributed by atoms with Crippen LogP contribution in [0, 0.1) is 32.2 Å². The Kier molecular flexibility index (Phi) is 9.10. The average molecular weight is 419 g/mol. The fraction of sp³-hybridized carbons (Fsp3) is 0.333. The van der Waals surface area contributed by atoms with Gasteiger partial charge in [-0.3, -0.25) is 4.99 Å². The third-order valence-corrected chi connectivity index (χ3v) is 3.67. The minimum atomic E-state index is 0.194. The molecule has 0 aliphatic carbocycles. The number of nitriles is 1. The van der Waals surface area contributed by atoms with Crippen molar-refractivity contribution in [2.75, 3.05) is 0 Å². The standard InChI is InChI=1S/C18H20N4.2ClH.Fe/c1-11-8-12(2)18(13(3)9-11)21-15(5)17-7-6-16(22-17)14(4)20-10-19;;;/h7-9H,6H2,1-5H3;2*1H;/q;;;+2/p-2. The molecule has 7 heteroatoms. The van der Waals surface area contributed by atoms with Gasteiger partial charge in [-0.1, -0.05) is 23.8 Å². The van der Waals surface area contributed by atoms with Gasteiger partial charge in [-0.15, -0.1) is 0 Å². The van der Waals surface area contributed by atoms with Gasteiger partial charge in [0, 0.05) is 6.42 Å². The summed E-state index contributed by atoms with van der Waals surface area (Å²) in [5.41, 5.74) is 7.85. The van der Waals surface area contributed by atoms with Crippen LogP contribution >= 0.6 is 20.2 Å². The molecule has 25 heavy (non-hydrogen) atoms. The molecule has 134 valence electrons. The van der Waals surface area contributed by atoms with E-state index in [0.717, 1.165) is 22.8 Å². The second-order valence-electron chi connectivity index (χ2n) is 5.64. The summed E-state index contributed by atoms with van der Waals surface area (Å²) in [5, 5.41) is 8.62. The van der Waals surface area contributed by atoms with Gasteiger partial charge >= 0.3 is 33.3 Å². The molecule has 1 aromatic carbocycles. The molecule has 0 radical (unpaired) electrons. The van der Waals surface area contributed by atoms with E-state index < -0.39 is 0 Å². The Morgan fingerprint density at radius 2 is 1.72 bits per heavy atom. The summed E-state index contributed by atoms with van der Waals surface area (Å²) in [7, 11) is 9.53. The van der Waals surface area contributed by atoms with Gasteiger partial charge in [-0.25, -0.2) is 4.99 Å². The molecule has 0 aromatic heterocycles. The van der Waals surface area contributed by atoms with Crippen LogP contribution in [0.15, 0.2) is 38.9 Å². The molecule has 4 nitrogen and oxygen atoms in total. The Morgan fingerprint density at radius 3 is 2.24 bits per heavy atom. The Balaban J connectivity index is 0.000000970. The molecule has 1 heterocycles. The van der Waals surface area contributed by atoms with Crippen LogP contribution in [0.25, 0.3) is 0 Å². The van der Waals surface area contributed by atoms with Crippen LogP contribution in [-0.2, 0) is 13.1 Å². The quantitative estimate of drug-likeness (QED) is 0.350. The zero-order valence-electron chi connectivity index (χ0n) is 14.8. The summed E-state index contributed by atoms with van der Waals surface area (Å²) in [6, 6.07) is 4.28. The SMILES string of the molecule is CC(=Nc1c(C)cc(C)cc1C)C1=CCC(C(C)=NC#N)=N1.[Cl][Fe][Cl]. The maximum atomic E-state index is 8.62. The molecule has 1 aromatic rings. The number of hydrogen-bond acceptors (Lipinski definition) is 4. The number of rotatable bonds is 3. The Bertz CT molecular complexity index is 779. The molecule has 0 unspecified atom stereocenters. The first-order valence-corrected chi connectivity index (χ1v) is 10.6. The molecule has 1 aliphatic rings. The van der Waals surface area contributed by atoms with Gasteiger partial charge in [-0.05, 0) is 45.7 Å². The van der Waals surface area contributed by atoms with Crippen LogP contribution in [-0.4, -0.2) is 17.1 Å². The topological polar surface area (TPSA) is 60.9 Å². The number of benzene rings is 1. The van der Waals surface area contributed by atoms with Crippen molar-refractivity contribution in [3.63, 3.8) is 0 Å². The minimum absolute atomic E-state index is 0.194. The molecule has 2 rings (SSSR count). The van der Waals surface area contributed by atoms with Crippen molar-refractivity contribution < 1.29 is 13.1 Å². The molecule has 0 saturated heterocycles. The number of aryl methyl sites for hydroxylation is 3. The van der Waals surface area contributed by atoms with E-state index in [0.29, 0.717) is 12.1 Å². The van der Waals surface area contributed by atoms with Gasteiger partial charge in [0.1, 0.15) is 0 Å². The number of allylic oxidation sites excluding steroid dienone is 2. The zero-order valence-corrected chi connectivity index (χ0v) is 17.5. The molecule has 0 spiro atoms. The molecule has 1 aliphatic heterocycles. The normalized spacial score (nSPS) is 14.5. The zero-order chi connectivity index (χ0) is 19.0. The van der Waals surface area contributed by atoms with Crippen LogP contribution < -0.4 is 0 Å². The summed E-state index contributed by atoms with van der Waals surface area (Å²) < 4.78 is 0. The van der Waals surface area contributed by atoms with E-state index in [9.17, 15) is 0 Å². The van der Waals surface area contributed by atoms with Crippen molar-refractivity contribution in [3.05, 3.63) is 40.6 Å². The third-order valence-electron chi connectivity index (χ3n) is 3.67. The van der Waals surface area contributed by atoms with Crippen molar-refractivity contribution >= 4 is 43.0 Å². The number of hydrogen-bond donors (Lipinski definition) is 0. The van der Waals surface area contributed by atoms with Crippen LogP contribution in [0.4, 0.5) is 5.69 Å². The molecule has 0 amide bonds. The third kappa shape index (κ3) is 6.41. The van der Waals surface area contributed by atoms with Crippen LogP contribution in [0.5, 0.6) is 0 Å². The molecule has 0 N–H and O–H groups in total. The fourth-order valence-electron chi connectivity index (χ4n) is 2.60. The summed E-state index contributed by atoms with van der Waals surface area (Å²) in [6.07, 6.45) is 4.53. The second-order valence-corrected chi connectivity index (χ2v) is 7.47. The van der Waals surface area contributed by atoms with E-state index in [-0.39, 0.29) is 13.1 Å². The second kappa shape index (κ2) is 10.5. The Hall–Kier alpha value is -1.44. The molecular formula is C18H20Cl2FeN4. The molecule has 0 atom stereocenters. The van der Waals surface area contributed by atoms with Crippen LogP contribution in [0.1, 0.15) is 37.0 Å². The van der Waals surface area contributed by atoms with Gasteiger partial charge in [-0.2, -0.15) is 10.3 Å². The number of aliphatic imine (C=N–C) groups is 3. The average Bonchev–Trinajstić information content (AvgIpc) is 3.02. The summed E-state index contributed by atoms with van der Waals surface area (Å²) in [4.78, 5) is 13.0. The Morgan fingerprint density at radius 1 is 1.16 bits per heavy atom. The van der Waals surface area contributed by atoms with Gasteiger partial charge in [0.15, 0.2) is 0 Å². The van der Waals surface area contributed by atoms with E-state index in [1.165, 1.54) is 16.7 Å². The summed E-state index contributed by atoms with van der Waals surface area (Å²) in [6.45, 7) is 10.0. The summed E-state index contributed by atoms with van der Waals surface area (Å²) >= 11 is 0.194. The number of nitrogens with zero attached hydrogens (tertiary/aromatic N) is 4. The first kappa shape index (κ1) is 21.6. The van der Waals surface area contributed by atoms with E-state index in [1.54, 1.807) is 13.1 Å². The van der Waals surface area contributed by atoms with E-state index in [1.807, 2.05) is 13.0 Å². The van der Waals surface area contributed by atoms with E-state index in [2.05, 4.69) is 42.9 Å². The van der Waals surface area contributed by atoms with Gasteiger partial charge < -0.3 is 0 Å². The van der Waals surface area contributed by atoms with Crippen molar-refractivity contribution in [2.24, 2.45) is 15.0 Å². The predicted molar refractivity (Wildman–Crippen MR) is 104 cm³/mol. The predicted octanol–water partition coefficient (Wildman–Crippen LogP) is 5.75. The monoisotopic (exact) mass is 418 g/mol. The molecule has 0 fully saturated rings. The first-order chi connectivity index (χ1) is 11.8. The van der Waals surface area contributed by atoms with Crippen molar-refractivity contribution in [3.8, 4) is 6.19 Å². The van der Waals surface area contributed by atoms with Crippen molar-refractivity contribution in [2.45, 2.75) is 41.0 Å².